The van der Waals surface area contributed by atoms with Crippen LogP contribution in [-0.4, -0.2) is 12.3 Å². The van der Waals surface area contributed by atoms with E-state index in [4.69, 9.17) is 0 Å². The average Bonchev–Trinajstić information content (AvgIpc) is 1.65. The summed E-state index contributed by atoms with van der Waals surface area (Å²) < 4.78 is 0. The van der Waals surface area contributed by atoms with E-state index in [1.807, 2.05) is 13.8 Å². The first-order chi connectivity index (χ1) is 3.18. The van der Waals surface area contributed by atoms with E-state index < -0.39 is 0 Å². The summed E-state index contributed by atoms with van der Waals surface area (Å²) in [5.41, 5.74) is 3.59. The molecule has 42 valence electrons. The number of aldehydes is 1. The van der Waals surface area contributed by atoms with Crippen molar-refractivity contribution in [2.45, 2.75) is 19.9 Å². The molecule has 3 N–H and O–H groups in total. The van der Waals surface area contributed by atoms with Gasteiger partial charge in [-0.05, 0) is 0 Å². The maximum Gasteiger partial charge on any atom is 0.177 e. The van der Waals surface area contributed by atoms with Crippen LogP contribution in [0.2, 0.25) is 0 Å². The van der Waals surface area contributed by atoms with Gasteiger partial charge in [0.25, 0.3) is 0 Å². The van der Waals surface area contributed by atoms with E-state index in [1.165, 1.54) is 0 Å². The van der Waals surface area contributed by atoms with Crippen LogP contribution in [0.25, 0.3) is 0 Å². The van der Waals surface area contributed by atoms with Crippen molar-refractivity contribution in [2.75, 3.05) is 0 Å². The van der Waals surface area contributed by atoms with E-state index >= 15 is 0 Å². The highest BCUT2D eigenvalue weighted by Gasteiger charge is 2.06. The smallest absolute Gasteiger partial charge is 0.177 e. The summed E-state index contributed by atoms with van der Waals surface area (Å²) in [6.07, 6.45) is 0.880. The van der Waals surface area contributed by atoms with Gasteiger partial charge in [-0.25, -0.2) is 0 Å². The molecule has 0 heterocycles. The Morgan fingerprint density at radius 3 is 2.00 bits per heavy atom. The molecule has 0 aliphatic rings. The summed E-state index contributed by atoms with van der Waals surface area (Å²) in [7, 11) is 0. The second-order valence-corrected chi connectivity index (χ2v) is 2.04. The van der Waals surface area contributed by atoms with Crippen molar-refractivity contribution < 1.29 is 10.5 Å². The Balaban J connectivity index is 3.33. The van der Waals surface area contributed by atoms with Crippen LogP contribution in [0.3, 0.4) is 0 Å². The van der Waals surface area contributed by atoms with Gasteiger partial charge in [0.05, 0.1) is 0 Å². The molecule has 0 unspecified atom stereocenters. The molecule has 0 rings (SSSR count). The van der Waals surface area contributed by atoms with Crippen LogP contribution >= 0.6 is 0 Å². The van der Waals surface area contributed by atoms with E-state index in [0.29, 0.717) is 5.92 Å². The van der Waals surface area contributed by atoms with Gasteiger partial charge in [-0.1, -0.05) is 13.8 Å². The Hall–Kier alpha value is -0.370. The summed E-state index contributed by atoms with van der Waals surface area (Å²) in [6, 6.07) is -0.0278. The van der Waals surface area contributed by atoms with Crippen molar-refractivity contribution >= 4 is 6.29 Å². The van der Waals surface area contributed by atoms with E-state index in [1.54, 1.807) is 0 Å². The van der Waals surface area contributed by atoms with Crippen LogP contribution in [0.1, 0.15) is 13.8 Å². The minimum atomic E-state index is -0.0278. The molecule has 0 amide bonds. The van der Waals surface area contributed by atoms with Gasteiger partial charge in [0.2, 0.25) is 0 Å². The summed E-state index contributed by atoms with van der Waals surface area (Å²) in [5, 5.41) is 0. The van der Waals surface area contributed by atoms with Gasteiger partial charge in [-0.15, -0.1) is 0 Å². The van der Waals surface area contributed by atoms with Crippen molar-refractivity contribution in [1.82, 2.24) is 0 Å². The predicted molar refractivity (Wildman–Crippen MR) is 27.6 cm³/mol. The highest BCUT2D eigenvalue weighted by atomic mass is 16.1. The minimum absolute atomic E-state index is 0.0278. The number of hydrogen-bond acceptors (Lipinski definition) is 1. The molecular formula is C5H12NO+. The third-order valence-corrected chi connectivity index (χ3v) is 1.03. The molecular weight excluding hydrogens is 90.1 g/mol. The molecule has 0 bridgehead atoms. The second kappa shape index (κ2) is 2.75. The van der Waals surface area contributed by atoms with E-state index in [0.717, 1.165) is 6.29 Å². The largest absolute Gasteiger partial charge is 0.349 e. The molecule has 0 aliphatic carbocycles. The fraction of sp³-hybridized carbons (Fsp3) is 0.800. The summed E-state index contributed by atoms with van der Waals surface area (Å²) in [6.45, 7) is 3.96. The SMILES string of the molecule is CC(C)[C@H]([NH3+])C=O. The normalized spacial score (nSPS) is 14.3. The molecule has 1 atom stereocenters. The molecule has 0 fully saturated rings. The Morgan fingerprint density at radius 2 is 2.00 bits per heavy atom. The molecule has 0 spiro atoms. The first-order valence-electron chi connectivity index (χ1n) is 2.47. The monoisotopic (exact) mass is 102 g/mol. The fourth-order valence-electron chi connectivity index (χ4n) is 0.157. The predicted octanol–water partition coefficient (Wildman–Crippen LogP) is -0.548. The van der Waals surface area contributed by atoms with Gasteiger partial charge in [0.15, 0.2) is 6.29 Å². The number of carbonyl (C=O) groups excluding carboxylic acids is 1. The van der Waals surface area contributed by atoms with Crippen LogP contribution in [0.15, 0.2) is 0 Å². The lowest BCUT2D eigenvalue weighted by Crippen LogP contribution is -2.64. The Morgan fingerprint density at radius 1 is 1.57 bits per heavy atom. The lowest BCUT2D eigenvalue weighted by Gasteiger charge is -2.00. The molecule has 0 radical (unpaired) electrons. The molecule has 0 aromatic carbocycles. The molecule has 0 saturated carbocycles. The van der Waals surface area contributed by atoms with Crippen LogP contribution in [-0.2, 0) is 4.79 Å². The number of hydrogen-bond donors (Lipinski definition) is 1. The van der Waals surface area contributed by atoms with Crippen molar-refractivity contribution in [1.29, 1.82) is 0 Å². The van der Waals surface area contributed by atoms with Gasteiger partial charge in [-0.3, -0.25) is 4.79 Å². The van der Waals surface area contributed by atoms with Gasteiger partial charge in [-0.2, -0.15) is 0 Å². The summed E-state index contributed by atoms with van der Waals surface area (Å²) in [5.74, 6) is 0.387. The third-order valence-electron chi connectivity index (χ3n) is 1.03. The standard InChI is InChI=1S/C5H11NO/c1-4(2)5(6)3-7/h3-5H,6H2,1-2H3/p+1/t5-/m1/s1. The molecule has 2 nitrogen and oxygen atoms in total. The lowest BCUT2D eigenvalue weighted by molar-refractivity contribution is -0.410. The van der Waals surface area contributed by atoms with Crippen molar-refractivity contribution in [2.24, 2.45) is 5.92 Å². The molecule has 2 heteroatoms. The van der Waals surface area contributed by atoms with Crippen LogP contribution in [0, 0.1) is 5.92 Å². The molecule has 7 heavy (non-hydrogen) atoms. The zero-order valence-corrected chi connectivity index (χ0v) is 4.85. The highest BCUT2D eigenvalue weighted by Crippen LogP contribution is 1.90. The minimum Gasteiger partial charge on any atom is -0.349 e. The first-order valence-corrected chi connectivity index (χ1v) is 2.47. The lowest BCUT2D eigenvalue weighted by atomic mass is 10.1. The Bertz CT molecular complexity index is 61.1. The number of quaternary nitrogens is 1. The highest BCUT2D eigenvalue weighted by molar-refractivity contribution is 5.55. The van der Waals surface area contributed by atoms with Gasteiger partial charge < -0.3 is 5.73 Å². The zero-order valence-electron chi connectivity index (χ0n) is 4.85. The molecule has 0 aromatic rings. The van der Waals surface area contributed by atoms with E-state index in [-0.39, 0.29) is 6.04 Å². The van der Waals surface area contributed by atoms with Gasteiger partial charge >= 0.3 is 0 Å². The zero-order chi connectivity index (χ0) is 5.86. The maximum absolute atomic E-state index is 9.88. The number of carbonyl (C=O) groups is 1. The quantitative estimate of drug-likeness (QED) is 0.467. The van der Waals surface area contributed by atoms with E-state index in [9.17, 15) is 4.79 Å². The number of rotatable bonds is 2. The average molecular weight is 102 g/mol. The summed E-state index contributed by atoms with van der Waals surface area (Å²) >= 11 is 0. The Kier molecular flexibility index (Phi) is 2.60. The van der Waals surface area contributed by atoms with E-state index in [2.05, 4.69) is 5.73 Å². The van der Waals surface area contributed by atoms with Crippen molar-refractivity contribution in [3.8, 4) is 0 Å². The third kappa shape index (κ3) is 2.34. The van der Waals surface area contributed by atoms with Crippen LogP contribution < -0.4 is 5.73 Å². The molecule has 0 aromatic heterocycles. The van der Waals surface area contributed by atoms with Gasteiger partial charge in [0, 0.05) is 5.92 Å². The topological polar surface area (TPSA) is 44.7 Å². The van der Waals surface area contributed by atoms with Crippen molar-refractivity contribution in [3.63, 3.8) is 0 Å². The van der Waals surface area contributed by atoms with Crippen LogP contribution in [0.4, 0.5) is 0 Å². The van der Waals surface area contributed by atoms with Crippen LogP contribution in [0.5, 0.6) is 0 Å². The van der Waals surface area contributed by atoms with Crippen molar-refractivity contribution in [3.05, 3.63) is 0 Å². The van der Waals surface area contributed by atoms with Gasteiger partial charge in [0.1, 0.15) is 6.04 Å². The second-order valence-electron chi connectivity index (χ2n) is 2.04. The first kappa shape index (κ1) is 6.63. The fourth-order valence-corrected chi connectivity index (χ4v) is 0.157. The molecule has 0 saturated heterocycles. The molecule has 0 aliphatic heterocycles. The summed E-state index contributed by atoms with van der Waals surface area (Å²) in [4.78, 5) is 9.88. The maximum atomic E-state index is 9.88. The Labute approximate surface area is 43.7 Å².